The molecule has 0 saturated carbocycles. The number of thiazole rings is 1. The van der Waals surface area contributed by atoms with Crippen molar-refractivity contribution in [3.63, 3.8) is 0 Å². The Bertz CT molecular complexity index is 1440. The smallest absolute Gasteiger partial charge is 0.270 e. The van der Waals surface area contributed by atoms with E-state index in [4.69, 9.17) is 11.6 Å². The minimum Gasteiger partial charge on any atom is -0.281 e. The summed E-state index contributed by atoms with van der Waals surface area (Å²) in [5.41, 5.74) is 0.880. The van der Waals surface area contributed by atoms with E-state index in [1.807, 2.05) is 0 Å². The molecule has 2 heterocycles. The fraction of sp³-hybridized carbons (Fsp3) is 0.0952. The number of anilines is 1. The predicted octanol–water partition coefficient (Wildman–Crippen LogP) is 4.26. The van der Waals surface area contributed by atoms with Gasteiger partial charge in [-0.1, -0.05) is 29.0 Å². The van der Waals surface area contributed by atoms with Crippen LogP contribution in [0.5, 0.6) is 0 Å². The molecule has 0 radical (unpaired) electrons. The Balaban J connectivity index is 1.70. The van der Waals surface area contributed by atoms with Crippen LogP contribution >= 0.6 is 22.9 Å². The Morgan fingerprint density at radius 3 is 2.55 bits per heavy atom. The summed E-state index contributed by atoms with van der Waals surface area (Å²) in [5.74, 6) is -1.50. The van der Waals surface area contributed by atoms with Crippen molar-refractivity contribution >= 4 is 59.7 Å². The van der Waals surface area contributed by atoms with Crippen LogP contribution in [0, 0.1) is 10.1 Å². The number of nitro groups is 1. The molecule has 9 nitrogen and oxygen atoms in total. The first-order valence-corrected chi connectivity index (χ1v) is 12.3. The molecule has 0 bridgehead atoms. The number of benzene rings is 2. The van der Waals surface area contributed by atoms with Gasteiger partial charge in [0.25, 0.3) is 5.69 Å². The molecular weight excluding hydrogens is 488 g/mol. The van der Waals surface area contributed by atoms with Gasteiger partial charge in [0.2, 0.25) is 5.91 Å². The highest BCUT2D eigenvalue weighted by molar-refractivity contribution is 7.92. The van der Waals surface area contributed by atoms with Gasteiger partial charge in [0, 0.05) is 23.4 Å². The molecule has 0 aliphatic rings. The fourth-order valence-corrected chi connectivity index (χ4v) is 5.35. The van der Waals surface area contributed by atoms with E-state index in [0.717, 1.165) is 11.3 Å². The van der Waals surface area contributed by atoms with E-state index in [-0.39, 0.29) is 22.3 Å². The molecule has 4 rings (SSSR count). The lowest BCUT2D eigenvalue weighted by molar-refractivity contribution is -0.384. The second-order valence-corrected chi connectivity index (χ2v) is 10.4. The van der Waals surface area contributed by atoms with E-state index in [0.29, 0.717) is 20.9 Å². The Morgan fingerprint density at radius 2 is 1.88 bits per heavy atom. The molecule has 168 valence electrons. The second-order valence-electron chi connectivity index (χ2n) is 6.92. The summed E-state index contributed by atoms with van der Waals surface area (Å²) in [5, 5.41) is 11.7. The Morgan fingerprint density at radius 1 is 1.12 bits per heavy atom. The number of sulfone groups is 1. The Kier molecular flexibility index (Phi) is 6.36. The molecule has 0 unspecified atom stereocenters. The summed E-state index contributed by atoms with van der Waals surface area (Å²) in [7, 11) is -3.95. The molecule has 0 aliphatic carbocycles. The van der Waals surface area contributed by atoms with Crippen LogP contribution in [0.3, 0.4) is 0 Å². The summed E-state index contributed by atoms with van der Waals surface area (Å²) in [6.07, 6.45) is 1.56. The highest BCUT2D eigenvalue weighted by atomic mass is 35.5. The SMILES string of the molecule is O=C(CS(=O)(=O)c1ccc(Cl)cc1)N(Cc1ccccn1)c1nc2ccc([N+](=O)[O-])cc2s1. The Labute approximate surface area is 197 Å². The number of aromatic nitrogens is 2. The maximum atomic E-state index is 13.2. The quantitative estimate of drug-likeness (QED) is 0.273. The number of fused-ring (bicyclic) bond motifs is 1. The average Bonchev–Trinajstić information content (AvgIpc) is 3.21. The van der Waals surface area contributed by atoms with E-state index in [1.165, 1.54) is 47.4 Å². The first kappa shape index (κ1) is 22.8. The average molecular weight is 503 g/mol. The van der Waals surface area contributed by atoms with E-state index in [9.17, 15) is 23.3 Å². The summed E-state index contributed by atoms with van der Waals surface area (Å²) in [6.45, 7) is -0.0161. The number of non-ortho nitro benzene ring substituents is 1. The number of halogens is 1. The number of nitrogens with zero attached hydrogens (tertiary/aromatic N) is 4. The lowest BCUT2D eigenvalue weighted by Gasteiger charge is -2.19. The molecule has 2 aromatic heterocycles. The van der Waals surface area contributed by atoms with Crippen LogP contribution in [0.25, 0.3) is 10.2 Å². The first-order valence-electron chi connectivity index (χ1n) is 9.46. The number of amides is 1. The largest absolute Gasteiger partial charge is 0.281 e. The van der Waals surface area contributed by atoms with Gasteiger partial charge in [0.15, 0.2) is 15.0 Å². The van der Waals surface area contributed by atoms with Gasteiger partial charge in [-0.05, 0) is 42.5 Å². The van der Waals surface area contributed by atoms with Crippen molar-refractivity contribution in [2.75, 3.05) is 10.7 Å². The van der Waals surface area contributed by atoms with Crippen LogP contribution in [-0.2, 0) is 21.2 Å². The minimum absolute atomic E-state index is 0.0161. The number of carbonyl (C=O) groups is 1. The maximum Gasteiger partial charge on any atom is 0.270 e. The van der Waals surface area contributed by atoms with E-state index in [1.54, 1.807) is 24.4 Å². The van der Waals surface area contributed by atoms with Crippen LogP contribution in [-0.4, -0.2) is 35.0 Å². The molecular formula is C21H15ClN4O5S2. The molecule has 33 heavy (non-hydrogen) atoms. The minimum atomic E-state index is -3.95. The van der Waals surface area contributed by atoms with E-state index >= 15 is 0 Å². The molecule has 0 fully saturated rings. The van der Waals surface area contributed by atoms with Gasteiger partial charge in [-0.25, -0.2) is 13.4 Å². The summed E-state index contributed by atoms with van der Waals surface area (Å²) < 4.78 is 26.2. The fourth-order valence-electron chi connectivity index (χ4n) is 3.01. The molecule has 0 spiro atoms. The Hall–Kier alpha value is -3.41. The summed E-state index contributed by atoms with van der Waals surface area (Å²) >= 11 is 6.89. The van der Waals surface area contributed by atoms with Gasteiger partial charge in [-0.2, -0.15) is 0 Å². The van der Waals surface area contributed by atoms with Gasteiger partial charge >= 0.3 is 0 Å². The molecule has 0 atom stereocenters. The number of hydrogen-bond acceptors (Lipinski definition) is 8. The third-order valence-electron chi connectivity index (χ3n) is 4.64. The van der Waals surface area contributed by atoms with Crippen molar-refractivity contribution in [2.24, 2.45) is 0 Å². The highest BCUT2D eigenvalue weighted by Crippen LogP contribution is 2.32. The normalized spacial score (nSPS) is 11.4. The molecule has 0 saturated heterocycles. The van der Waals surface area contributed by atoms with Gasteiger partial charge in [0.05, 0.1) is 32.3 Å². The summed E-state index contributed by atoms with van der Waals surface area (Å²) in [6, 6.07) is 14.9. The monoisotopic (exact) mass is 502 g/mol. The molecule has 0 N–H and O–H groups in total. The van der Waals surface area contributed by atoms with Gasteiger partial charge in [0.1, 0.15) is 5.75 Å². The van der Waals surface area contributed by atoms with E-state index in [2.05, 4.69) is 9.97 Å². The number of pyridine rings is 1. The molecule has 1 amide bonds. The molecule has 2 aromatic carbocycles. The number of nitro benzene ring substituents is 1. The maximum absolute atomic E-state index is 13.2. The van der Waals surface area contributed by atoms with Crippen molar-refractivity contribution < 1.29 is 18.1 Å². The van der Waals surface area contributed by atoms with Crippen LogP contribution < -0.4 is 4.90 Å². The molecule has 0 aliphatic heterocycles. The van der Waals surface area contributed by atoms with Crippen molar-refractivity contribution in [1.29, 1.82) is 0 Å². The van der Waals surface area contributed by atoms with Crippen molar-refractivity contribution in [3.05, 3.63) is 87.7 Å². The lowest BCUT2D eigenvalue weighted by atomic mass is 10.3. The van der Waals surface area contributed by atoms with Gasteiger partial charge in [-0.15, -0.1) is 0 Å². The van der Waals surface area contributed by atoms with Crippen molar-refractivity contribution in [3.8, 4) is 0 Å². The number of carbonyl (C=O) groups excluding carboxylic acids is 1. The zero-order valence-electron chi connectivity index (χ0n) is 16.8. The standard InChI is InChI=1S/C21H15ClN4O5S2/c22-14-4-7-17(8-5-14)33(30,31)13-20(27)25(12-15-3-1-2-10-23-15)21-24-18-9-6-16(26(28)29)11-19(18)32-21/h1-11H,12-13H2. The topological polar surface area (TPSA) is 123 Å². The zero-order valence-corrected chi connectivity index (χ0v) is 19.2. The van der Waals surface area contributed by atoms with E-state index < -0.39 is 26.4 Å². The van der Waals surface area contributed by atoms with Gasteiger partial charge in [-0.3, -0.25) is 24.8 Å². The zero-order chi connectivity index (χ0) is 23.6. The lowest BCUT2D eigenvalue weighted by Crippen LogP contribution is -2.35. The van der Waals surface area contributed by atoms with Crippen LogP contribution in [0.1, 0.15) is 5.69 Å². The van der Waals surface area contributed by atoms with Crippen LogP contribution in [0.15, 0.2) is 71.8 Å². The van der Waals surface area contributed by atoms with Crippen molar-refractivity contribution in [2.45, 2.75) is 11.4 Å². The molecule has 12 heteroatoms. The van der Waals surface area contributed by atoms with Crippen molar-refractivity contribution in [1.82, 2.24) is 9.97 Å². The third kappa shape index (κ3) is 5.16. The third-order valence-corrected chi connectivity index (χ3v) is 7.55. The number of hydrogen-bond donors (Lipinski definition) is 0. The van der Waals surface area contributed by atoms with Crippen LogP contribution in [0.4, 0.5) is 10.8 Å². The predicted molar refractivity (Wildman–Crippen MR) is 125 cm³/mol. The second kappa shape index (κ2) is 9.22. The van der Waals surface area contributed by atoms with Gasteiger partial charge < -0.3 is 0 Å². The number of rotatable bonds is 7. The van der Waals surface area contributed by atoms with Crippen LogP contribution in [0.2, 0.25) is 5.02 Å². The first-order chi connectivity index (χ1) is 15.7. The highest BCUT2D eigenvalue weighted by Gasteiger charge is 2.27. The molecule has 4 aromatic rings. The summed E-state index contributed by atoms with van der Waals surface area (Å²) in [4.78, 5) is 33.6.